The maximum Gasteiger partial charge on any atom is 0.198 e. The summed E-state index contributed by atoms with van der Waals surface area (Å²) in [5.41, 5.74) is 6.74. The van der Waals surface area contributed by atoms with Crippen LogP contribution < -0.4 is 5.73 Å². The van der Waals surface area contributed by atoms with Crippen molar-refractivity contribution in [2.45, 2.75) is 19.8 Å². The Hall–Kier alpha value is -1.14. The Balaban J connectivity index is 2.63. The van der Waals surface area contributed by atoms with Gasteiger partial charge in [0.05, 0.1) is 16.4 Å². The van der Waals surface area contributed by atoms with Gasteiger partial charge in [0.2, 0.25) is 0 Å². The minimum atomic E-state index is 0.235. The average Bonchev–Trinajstić information content (AvgIpc) is 2.63. The first-order valence-corrected chi connectivity index (χ1v) is 6.59. The third-order valence-electron chi connectivity index (χ3n) is 2.58. The van der Waals surface area contributed by atoms with Crippen LogP contribution in [0.2, 0.25) is 5.15 Å². The lowest BCUT2D eigenvalue weighted by Crippen LogP contribution is -2.06. The van der Waals surface area contributed by atoms with Crippen molar-refractivity contribution in [3.8, 4) is 11.6 Å². The number of rotatable bonds is 2. The first kappa shape index (κ1) is 13.3. The molecule has 0 radical (unpaired) electrons. The number of imidazole rings is 1. The molecular weight excluding hydrogens is 318 g/mol. The summed E-state index contributed by atoms with van der Waals surface area (Å²) in [6, 6.07) is 0. The molecule has 96 valence electrons. The number of nitrogens with two attached hydrogens (primary N) is 1. The average molecular weight is 331 g/mol. The first-order valence-electron chi connectivity index (χ1n) is 5.42. The predicted octanol–water partition coefficient (Wildman–Crippen LogP) is 3.00. The first-order chi connectivity index (χ1) is 8.41. The normalized spacial score (nSPS) is 11.2. The SMILES string of the molecule is CC(C)c1nc(-c2ncc(Cl)n2C)nc(N)c1Br. The quantitative estimate of drug-likeness (QED) is 0.919. The minimum absolute atomic E-state index is 0.235. The van der Waals surface area contributed by atoms with E-state index in [1.165, 1.54) is 0 Å². The summed E-state index contributed by atoms with van der Waals surface area (Å²) in [6.07, 6.45) is 1.56. The number of nitrogens with zero attached hydrogens (tertiary/aromatic N) is 4. The molecule has 0 atom stereocenters. The van der Waals surface area contributed by atoms with Crippen LogP contribution >= 0.6 is 27.5 Å². The molecule has 0 spiro atoms. The number of hydrogen-bond donors (Lipinski definition) is 1. The van der Waals surface area contributed by atoms with Gasteiger partial charge in [-0.15, -0.1) is 0 Å². The van der Waals surface area contributed by atoms with Crippen LogP contribution in [-0.4, -0.2) is 19.5 Å². The molecule has 7 heteroatoms. The fraction of sp³-hybridized carbons (Fsp3) is 0.364. The number of nitrogen functional groups attached to an aromatic ring is 1. The summed E-state index contributed by atoms with van der Waals surface area (Å²) < 4.78 is 2.45. The number of anilines is 1. The van der Waals surface area contributed by atoms with E-state index in [0.717, 1.165) is 10.2 Å². The van der Waals surface area contributed by atoms with E-state index in [4.69, 9.17) is 17.3 Å². The third kappa shape index (κ3) is 2.22. The van der Waals surface area contributed by atoms with Crippen LogP contribution in [0.5, 0.6) is 0 Å². The van der Waals surface area contributed by atoms with Gasteiger partial charge in [0.15, 0.2) is 11.6 Å². The molecule has 2 aromatic heterocycles. The second-order valence-electron chi connectivity index (χ2n) is 4.25. The van der Waals surface area contributed by atoms with Crippen LogP contribution in [0.1, 0.15) is 25.5 Å². The molecule has 2 heterocycles. The highest BCUT2D eigenvalue weighted by Crippen LogP contribution is 2.29. The topological polar surface area (TPSA) is 69.6 Å². The van der Waals surface area contributed by atoms with Crippen molar-refractivity contribution in [2.24, 2.45) is 7.05 Å². The van der Waals surface area contributed by atoms with Crippen molar-refractivity contribution in [3.05, 3.63) is 21.5 Å². The molecule has 0 amide bonds. The number of aromatic nitrogens is 4. The Morgan fingerprint density at radius 1 is 1.39 bits per heavy atom. The molecule has 2 N–H and O–H groups in total. The van der Waals surface area contributed by atoms with Crippen LogP contribution in [0.3, 0.4) is 0 Å². The predicted molar refractivity (Wildman–Crippen MR) is 75.4 cm³/mol. The molecule has 0 unspecified atom stereocenters. The largest absolute Gasteiger partial charge is 0.383 e. The molecule has 0 aliphatic carbocycles. The van der Waals surface area contributed by atoms with Crippen LogP contribution in [0, 0.1) is 0 Å². The summed E-state index contributed by atoms with van der Waals surface area (Å²) in [6.45, 7) is 4.09. The van der Waals surface area contributed by atoms with Gasteiger partial charge < -0.3 is 10.3 Å². The van der Waals surface area contributed by atoms with Gasteiger partial charge in [0, 0.05) is 7.05 Å². The van der Waals surface area contributed by atoms with E-state index in [1.807, 2.05) is 13.8 Å². The van der Waals surface area contributed by atoms with Crippen LogP contribution in [0.15, 0.2) is 10.7 Å². The van der Waals surface area contributed by atoms with Crippen molar-refractivity contribution < 1.29 is 0 Å². The molecule has 18 heavy (non-hydrogen) atoms. The van der Waals surface area contributed by atoms with E-state index in [-0.39, 0.29) is 5.92 Å². The lowest BCUT2D eigenvalue weighted by molar-refractivity contribution is 0.804. The van der Waals surface area contributed by atoms with Crippen LogP contribution in [0.4, 0.5) is 5.82 Å². The highest BCUT2D eigenvalue weighted by Gasteiger charge is 2.17. The van der Waals surface area contributed by atoms with Gasteiger partial charge >= 0.3 is 0 Å². The molecule has 2 rings (SSSR count). The maximum absolute atomic E-state index is 5.96. The smallest absolute Gasteiger partial charge is 0.198 e. The van der Waals surface area contributed by atoms with Crippen LogP contribution in [0.25, 0.3) is 11.6 Å². The standard InChI is InChI=1S/C11H13BrClN5/c1-5(2)8-7(12)9(14)17-10(16-8)11-15-4-6(13)18(11)3/h4-5H,1-3H3,(H2,14,16,17). The summed E-state index contributed by atoms with van der Waals surface area (Å²) in [5.74, 6) is 1.72. The van der Waals surface area contributed by atoms with E-state index in [1.54, 1.807) is 17.8 Å². The summed E-state index contributed by atoms with van der Waals surface area (Å²) in [4.78, 5) is 12.9. The Labute approximate surface area is 119 Å². The van der Waals surface area contributed by atoms with Gasteiger partial charge in [-0.3, -0.25) is 0 Å². The van der Waals surface area contributed by atoms with E-state index in [9.17, 15) is 0 Å². The Kier molecular flexibility index (Phi) is 3.59. The summed E-state index contributed by atoms with van der Waals surface area (Å²) in [5, 5.41) is 0.529. The lowest BCUT2D eigenvalue weighted by Gasteiger charge is -2.11. The molecule has 2 aromatic rings. The molecule has 0 aliphatic rings. The van der Waals surface area contributed by atoms with Gasteiger partial charge in [-0.05, 0) is 21.8 Å². The molecule has 0 aliphatic heterocycles. The zero-order valence-electron chi connectivity index (χ0n) is 10.3. The van der Waals surface area contributed by atoms with E-state index >= 15 is 0 Å². The zero-order valence-corrected chi connectivity index (χ0v) is 12.6. The Morgan fingerprint density at radius 3 is 2.56 bits per heavy atom. The van der Waals surface area contributed by atoms with Gasteiger partial charge in [0.25, 0.3) is 0 Å². The summed E-state index contributed by atoms with van der Waals surface area (Å²) in [7, 11) is 1.81. The van der Waals surface area contributed by atoms with Crippen molar-refractivity contribution in [3.63, 3.8) is 0 Å². The van der Waals surface area contributed by atoms with Crippen molar-refractivity contribution in [1.29, 1.82) is 0 Å². The second-order valence-corrected chi connectivity index (χ2v) is 5.43. The zero-order chi connectivity index (χ0) is 13.4. The number of hydrogen-bond acceptors (Lipinski definition) is 4. The van der Waals surface area contributed by atoms with E-state index in [0.29, 0.717) is 22.6 Å². The second kappa shape index (κ2) is 4.85. The molecule has 0 saturated heterocycles. The minimum Gasteiger partial charge on any atom is -0.383 e. The van der Waals surface area contributed by atoms with E-state index < -0.39 is 0 Å². The van der Waals surface area contributed by atoms with Crippen LogP contribution in [-0.2, 0) is 7.05 Å². The highest BCUT2D eigenvalue weighted by atomic mass is 79.9. The van der Waals surface area contributed by atoms with E-state index in [2.05, 4.69) is 30.9 Å². The maximum atomic E-state index is 5.96. The fourth-order valence-corrected chi connectivity index (χ4v) is 2.33. The van der Waals surface area contributed by atoms with Gasteiger partial charge in [-0.25, -0.2) is 15.0 Å². The van der Waals surface area contributed by atoms with Gasteiger partial charge in [0.1, 0.15) is 11.0 Å². The molecule has 5 nitrogen and oxygen atoms in total. The van der Waals surface area contributed by atoms with Gasteiger partial charge in [-0.1, -0.05) is 25.4 Å². The fourth-order valence-electron chi connectivity index (χ4n) is 1.56. The number of halogens is 2. The van der Waals surface area contributed by atoms with Crippen molar-refractivity contribution in [1.82, 2.24) is 19.5 Å². The molecule has 0 bridgehead atoms. The summed E-state index contributed by atoms with van der Waals surface area (Å²) >= 11 is 9.36. The van der Waals surface area contributed by atoms with Gasteiger partial charge in [-0.2, -0.15) is 0 Å². The lowest BCUT2D eigenvalue weighted by atomic mass is 10.1. The Bertz CT molecular complexity index is 593. The molecule has 0 fully saturated rings. The third-order valence-corrected chi connectivity index (χ3v) is 3.74. The van der Waals surface area contributed by atoms with Crippen molar-refractivity contribution >= 4 is 33.3 Å². The highest BCUT2D eigenvalue weighted by molar-refractivity contribution is 9.10. The molecular formula is C11H13BrClN5. The molecule has 0 aromatic carbocycles. The van der Waals surface area contributed by atoms with Crippen molar-refractivity contribution in [2.75, 3.05) is 5.73 Å². The Morgan fingerprint density at radius 2 is 2.06 bits per heavy atom. The monoisotopic (exact) mass is 329 g/mol. The molecule has 0 saturated carbocycles.